The summed E-state index contributed by atoms with van der Waals surface area (Å²) in [6, 6.07) is 8.46. The summed E-state index contributed by atoms with van der Waals surface area (Å²) in [4.78, 5) is 0. The quantitative estimate of drug-likeness (QED) is 0.897. The van der Waals surface area contributed by atoms with Gasteiger partial charge in [-0.2, -0.15) is 0 Å². The Balaban J connectivity index is 2.19. The van der Waals surface area contributed by atoms with Crippen LogP contribution >= 0.6 is 0 Å². The van der Waals surface area contributed by atoms with Gasteiger partial charge < -0.3 is 9.84 Å². The Hall–Kier alpha value is -0.860. The van der Waals surface area contributed by atoms with Crippen LogP contribution in [-0.4, -0.2) is 17.8 Å². The lowest BCUT2D eigenvalue weighted by molar-refractivity contribution is -0.108. The van der Waals surface area contributed by atoms with Gasteiger partial charge in [-0.05, 0) is 29.9 Å². The highest BCUT2D eigenvalue weighted by atomic mass is 16.5. The molecule has 2 nitrogen and oxygen atoms in total. The highest BCUT2D eigenvalue weighted by Gasteiger charge is 2.35. The van der Waals surface area contributed by atoms with Crippen molar-refractivity contribution in [3.05, 3.63) is 35.4 Å². The maximum Gasteiger partial charge on any atom is 0.0943 e. The summed E-state index contributed by atoms with van der Waals surface area (Å²) in [6.07, 6.45) is 3.64. The van der Waals surface area contributed by atoms with E-state index in [0.29, 0.717) is 25.4 Å². The van der Waals surface area contributed by atoms with Crippen molar-refractivity contribution in [2.75, 3.05) is 6.61 Å². The van der Waals surface area contributed by atoms with E-state index in [2.05, 4.69) is 45.0 Å². The van der Waals surface area contributed by atoms with Crippen molar-refractivity contribution in [2.45, 2.75) is 58.2 Å². The Labute approximate surface area is 116 Å². The molecule has 1 saturated heterocycles. The summed E-state index contributed by atoms with van der Waals surface area (Å²) >= 11 is 0. The molecule has 2 atom stereocenters. The molecule has 0 amide bonds. The normalized spacial score (nSPS) is 27.7. The summed E-state index contributed by atoms with van der Waals surface area (Å²) in [5, 5.41) is 10.9. The van der Waals surface area contributed by atoms with E-state index in [1.54, 1.807) is 0 Å². The number of benzene rings is 1. The number of ether oxygens (including phenoxy) is 1. The molecule has 1 N–H and O–H groups in total. The maximum absolute atomic E-state index is 10.9. The van der Waals surface area contributed by atoms with Gasteiger partial charge in [0.15, 0.2) is 0 Å². The molecule has 0 bridgehead atoms. The molecule has 0 aromatic heterocycles. The van der Waals surface area contributed by atoms with Crippen molar-refractivity contribution in [3.63, 3.8) is 0 Å². The van der Waals surface area contributed by atoms with E-state index in [0.717, 1.165) is 18.4 Å². The average Bonchev–Trinajstić information content (AvgIpc) is 2.38. The number of rotatable bonds is 4. The van der Waals surface area contributed by atoms with Crippen molar-refractivity contribution < 1.29 is 9.84 Å². The van der Waals surface area contributed by atoms with Crippen LogP contribution in [0.3, 0.4) is 0 Å². The Bertz CT molecular complexity index is 413. The fourth-order valence-electron chi connectivity index (χ4n) is 2.92. The van der Waals surface area contributed by atoms with Crippen molar-refractivity contribution in [1.82, 2.24) is 0 Å². The van der Waals surface area contributed by atoms with Crippen LogP contribution in [0.5, 0.6) is 0 Å². The number of aliphatic hydroxyl groups is 1. The topological polar surface area (TPSA) is 29.5 Å². The van der Waals surface area contributed by atoms with Crippen molar-refractivity contribution in [2.24, 2.45) is 5.92 Å². The summed E-state index contributed by atoms with van der Waals surface area (Å²) in [6.45, 7) is 7.22. The van der Waals surface area contributed by atoms with E-state index in [4.69, 9.17) is 4.74 Å². The molecular formula is C17H26O2. The van der Waals surface area contributed by atoms with Gasteiger partial charge in [0.2, 0.25) is 0 Å². The first-order valence-corrected chi connectivity index (χ1v) is 7.47. The van der Waals surface area contributed by atoms with E-state index in [9.17, 15) is 5.11 Å². The van der Waals surface area contributed by atoms with Gasteiger partial charge in [0.05, 0.1) is 18.3 Å². The van der Waals surface area contributed by atoms with Crippen LogP contribution < -0.4 is 0 Å². The lowest BCUT2D eigenvalue weighted by Gasteiger charge is -2.37. The first kappa shape index (κ1) is 14.5. The fourth-order valence-corrected chi connectivity index (χ4v) is 2.92. The molecule has 2 rings (SSSR count). The largest absolute Gasteiger partial charge is 0.385 e. The highest BCUT2D eigenvalue weighted by Crippen LogP contribution is 2.36. The molecule has 2 unspecified atom stereocenters. The lowest BCUT2D eigenvalue weighted by Crippen LogP contribution is -2.38. The Morgan fingerprint density at radius 1 is 1.42 bits per heavy atom. The van der Waals surface area contributed by atoms with E-state index >= 15 is 0 Å². The third-order valence-electron chi connectivity index (χ3n) is 4.00. The first-order valence-electron chi connectivity index (χ1n) is 7.47. The predicted molar refractivity (Wildman–Crippen MR) is 78.1 cm³/mol. The molecule has 0 saturated carbocycles. The molecule has 2 heteroatoms. The molecule has 1 aliphatic heterocycles. The summed E-state index contributed by atoms with van der Waals surface area (Å²) in [7, 11) is 0. The first-order chi connectivity index (χ1) is 9.03. The van der Waals surface area contributed by atoms with Crippen molar-refractivity contribution in [1.29, 1.82) is 0 Å². The predicted octanol–water partition coefficient (Wildman–Crippen LogP) is 3.66. The highest BCUT2D eigenvalue weighted by molar-refractivity contribution is 5.29. The Morgan fingerprint density at radius 3 is 2.89 bits per heavy atom. The maximum atomic E-state index is 10.9. The second kappa shape index (κ2) is 6.06. The molecule has 1 fully saturated rings. The van der Waals surface area contributed by atoms with Gasteiger partial charge in [0.25, 0.3) is 0 Å². The molecule has 0 radical (unpaired) electrons. The van der Waals surface area contributed by atoms with Crippen LogP contribution in [0.25, 0.3) is 0 Å². The van der Waals surface area contributed by atoms with Gasteiger partial charge in [-0.25, -0.2) is 0 Å². The average molecular weight is 262 g/mol. The molecule has 1 heterocycles. The van der Waals surface area contributed by atoms with Gasteiger partial charge in [0.1, 0.15) is 0 Å². The van der Waals surface area contributed by atoms with Crippen LogP contribution in [0.15, 0.2) is 24.3 Å². The molecule has 1 aliphatic rings. The van der Waals surface area contributed by atoms with Gasteiger partial charge in [-0.3, -0.25) is 0 Å². The molecule has 1 aromatic rings. The standard InChI is InChI=1S/C17H26O2/c1-4-16-12-17(18,8-9-19-16)15-7-5-6-14(11-15)10-13(2)3/h5-7,11,13,16,18H,4,8-10,12H2,1-3H3. The Morgan fingerprint density at radius 2 is 2.21 bits per heavy atom. The lowest BCUT2D eigenvalue weighted by atomic mass is 9.82. The molecule has 0 spiro atoms. The summed E-state index contributed by atoms with van der Waals surface area (Å²) in [5.41, 5.74) is 1.68. The van der Waals surface area contributed by atoms with Crippen molar-refractivity contribution in [3.8, 4) is 0 Å². The van der Waals surface area contributed by atoms with Crippen LogP contribution in [-0.2, 0) is 16.8 Å². The van der Waals surface area contributed by atoms with E-state index < -0.39 is 5.60 Å². The minimum atomic E-state index is -0.702. The molecule has 19 heavy (non-hydrogen) atoms. The zero-order valence-corrected chi connectivity index (χ0v) is 12.4. The molecule has 1 aromatic carbocycles. The third kappa shape index (κ3) is 3.58. The smallest absolute Gasteiger partial charge is 0.0943 e. The molecular weight excluding hydrogens is 236 g/mol. The molecule has 106 valence electrons. The van der Waals surface area contributed by atoms with Crippen LogP contribution in [0, 0.1) is 5.92 Å². The minimum absolute atomic E-state index is 0.188. The van der Waals surface area contributed by atoms with Gasteiger partial charge in [-0.15, -0.1) is 0 Å². The van der Waals surface area contributed by atoms with Gasteiger partial charge >= 0.3 is 0 Å². The zero-order chi connectivity index (χ0) is 13.9. The van der Waals surface area contributed by atoms with Crippen LogP contribution in [0.1, 0.15) is 51.2 Å². The summed E-state index contributed by atoms with van der Waals surface area (Å²) in [5.74, 6) is 0.642. The monoisotopic (exact) mass is 262 g/mol. The van der Waals surface area contributed by atoms with E-state index in [-0.39, 0.29) is 6.10 Å². The molecule has 0 aliphatic carbocycles. The van der Waals surface area contributed by atoms with Gasteiger partial charge in [-0.1, -0.05) is 45.0 Å². The minimum Gasteiger partial charge on any atom is -0.385 e. The van der Waals surface area contributed by atoms with Crippen LogP contribution in [0.4, 0.5) is 0 Å². The summed E-state index contributed by atoms with van der Waals surface area (Å²) < 4.78 is 5.68. The fraction of sp³-hybridized carbons (Fsp3) is 0.647. The Kier molecular flexibility index (Phi) is 4.64. The second-order valence-electron chi connectivity index (χ2n) is 6.19. The second-order valence-corrected chi connectivity index (χ2v) is 6.19. The zero-order valence-electron chi connectivity index (χ0n) is 12.4. The van der Waals surface area contributed by atoms with Crippen LogP contribution in [0.2, 0.25) is 0 Å². The van der Waals surface area contributed by atoms with E-state index in [1.807, 2.05) is 0 Å². The van der Waals surface area contributed by atoms with E-state index in [1.165, 1.54) is 5.56 Å². The SMILES string of the molecule is CCC1CC(O)(c2cccc(CC(C)C)c2)CCO1. The third-order valence-corrected chi connectivity index (χ3v) is 4.00. The van der Waals surface area contributed by atoms with Gasteiger partial charge in [0, 0.05) is 12.8 Å². The number of hydrogen-bond acceptors (Lipinski definition) is 2. The number of hydrogen-bond donors (Lipinski definition) is 1. The van der Waals surface area contributed by atoms with Crippen molar-refractivity contribution >= 4 is 0 Å².